The molecule has 35 heavy (non-hydrogen) atoms. The minimum atomic E-state index is -3.98. The molecule has 5 rings (SSSR count). The second-order valence-corrected chi connectivity index (χ2v) is 10.2. The Bertz CT molecular complexity index is 1470. The van der Waals surface area contributed by atoms with Crippen LogP contribution in [0.25, 0.3) is 11.1 Å². The van der Waals surface area contributed by atoms with E-state index in [1.54, 1.807) is 49.6 Å². The number of benzene rings is 2. The highest BCUT2D eigenvalue weighted by molar-refractivity contribution is 7.94. The standard InChI is InChI=1S/C23H20F2N6O3S/c1-27-21-11-28-12-22(29-21)34-17-5-3-15(10-26)18(8-17)14-4-6-19-20(7-14)30(2)35(32,33)31(19)13-16-9-23(16,24)25/h3-8,11-12,16H,9,13H2,1-2H3,(H,27,29). The molecule has 0 radical (unpaired) electrons. The Hall–Kier alpha value is -3.98. The normalized spacial score (nSPS) is 19.1. The van der Waals surface area contributed by atoms with Crippen LogP contribution in [0, 0.1) is 17.2 Å². The first-order chi connectivity index (χ1) is 16.6. The fraction of sp³-hybridized carbons (Fsp3) is 0.261. The van der Waals surface area contributed by atoms with Gasteiger partial charge in [0.25, 0.3) is 5.92 Å². The summed E-state index contributed by atoms with van der Waals surface area (Å²) < 4.78 is 60.7. The van der Waals surface area contributed by atoms with Crippen molar-refractivity contribution in [3.8, 4) is 28.8 Å². The first-order valence-corrected chi connectivity index (χ1v) is 12.0. The number of ether oxygens (including phenoxy) is 1. The van der Waals surface area contributed by atoms with E-state index >= 15 is 0 Å². The predicted octanol–water partition coefficient (Wildman–Crippen LogP) is 4.01. The van der Waals surface area contributed by atoms with Crippen LogP contribution in [-0.4, -0.2) is 44.9 Å². The summed E-state index contributed by atoms with van der Waals surface area (Å²) in [5, 5.41) is 12.5. The first kappa shape index (κ1) is 22.8. The molecule has 1 aromatic heterocycles. The monoisotopic (exact) mass is 498 g/mol. The van der Waals surface area contributed by atoms with Gasteiger partial charge < -0.3 is 10.1 Å². The zero-order valence-electron chi connectivity index (χ0n) is 18.7. The minimum Gasteiger partial charge on any atom is -0.437 e. The number of fused-ring (bicyclic) bond motifs is 1. The molecule has 1 atom stereocenters. The van der Waals surface area contributed by atoms with Crippen molar-refractivity contribution >= 4 is 27.4 Å². The van der Waals surface area contributed by atoms with Crippen LogP contribution < -0.4 is 18.7 Å². The Labute approximate surface area is 200 Å². The van der Waals surface area contributed by atoms with Gasteiger partial charge in [-0.2, -0.15) is 18.7 Å². The summed E-state index contributed by atoms with van der Waals surface area (Å²) in [6.45, 7) is -0.286. The van der Waals surface area contributed by atoms with Crippen molar-refractivity contribution < 1.29 is 21.9 Å². The van der Waals surface area contributed by atoms with Gasteiger partial charge in [0, 0.05) is 38.5 Å². The topological polar surface area (TPSA) is 111 Å². The van der Waals surface area contributed by atoms with Crippen LogP contribution in [0.2, 0.25) is 0 Å². The van der Waals surface area contributed by atoms with Crippen molar-refractivity contribution in [3.63, 3.8) is 0 Å². The Morgan fingerprint density at radius 1 is 1.23 bits per heavy atom. The first-order valence-electron chi connectivity index (χ1n) is 10.6. The molecular weight excluding hydrogens is 478 g/mol. The third-order valence-corrected chi connectivity index (χ3v) is 7.85. The SMILES string of the molecule is CNc1cncc(Oc2ccc(C#N)c(-c3ccc4c(c3)N(C)S(=O)(=O)N4CC3CC3(F)F)c2)n1. The number of hydrogen-bond donors (Lipinski definition) is 1. The number of nitrogens with zero attached hydrogens (tertiary/aromatic N) is 5. The van der Waals surface area contributed by atoms with Gasteiger partial charge in [0.05, 0.1) is 35.4 Å². The van der Waals surface area contributed by atoms with E-state index in [1.807, 2.05) is 0 Å². The zero-order valence-corrected chi connectivity index (χ0v) is 19.6. The summed E-state index contributed by atoms with van der Waals surface area (Å²) in [7, 11) is -0.897. The molecule has 9 nitrogen and oxygen atoms in total. The summed E-state index contributed by atoms with van der Waals surface area (Å²) in [4.78, 5) is 8.31. The maximum absolute atomic E-state index is 13.5. The van der Waals surface area contributed by atoms with Crippen molar-refractivity contribution in [2.75, 3.05) is 34.6 Å². The number of halogens is 2. The molecule has 0 saturated heterocycles. The number of nitriles is 1. The molecule has 2 aromatic carbocycles. The average Bonchev–Trinajstić information content (AvgIpc) is 3.41. The van der Waals surface area contributed by atoms with Crippen molar-refractivity contribution in [2.45, 2.75) is 12.3 Å². The molecular formula is C23H20F2N6O3S. The lowest BCUT2D eigenvalue weighted by molar-refractivity contribution is 0.101. The largest absolute Gasteiger partial charge is 0.437 e. The van der Waals surface area contributed by atoms with E-state index in [9.17, 15) is 22.5 Å². The van der Waals surface area contributed by atoms with E-state index in [0.717, 1.165) is 8.61 Å². The molecule has 1 saturated carbocycles. The van der Waals surface area contributed by atoms with Gasteiger partial charge in [0.1, 0.15) is 11.6 Å². The Kier molecular flexibility index (Phi) is 5.25. The quantitative estimate of drug-likeness (QED) is 0.547. The Morgan fingerprint density at radius 3 is 2.69 bits per heavy atom. The fourth-order valence-corrected chi connectivity index (χ4v) is 5.43. The van der Waals surface area contributed by atoms with E-state index in [4.69, 9.17) is 4.74 Å². The lowest BCUT2D eigenvalue weighted by atomic mass is 9.99. The molecule has 2 heterocycles. The Balaban J connectivity index is 1.50. The van der Waals surface area contributed by atoms with E-state index in [2.05, 4.69) is 21.4 Å². The highest BCUT2D eigenvalue weighted by atomic mass is 32.2. The maximum Gasteiger partial charge on any atom is 0.326 e. The second-order valence-electron chi connectivity index (χ2n) is 8.29. The van der Waals surface area contributed by atoms with Gasteiger partial charge in [0.15, 0.2) is 0 Å². The van der Waals surface area contributed by atoms with Crippen molar-refractivity contribution in [1.29, 1.82) is 5.26 Å². The lowest BCUT2D eigenvalue weighted by Crippen LogP contribution is -2.37. The molecule has 0 spiro atoms. The van der Waals surface area contributed by atoms with Crippen LogP contribution in [0.4, 0.5) is 26.0 Å². The molecule has 0 bridgehead atoms. The van der Waals surface area contributed by atoms with Gasteiger partial charge in [-0.05, 0) is 35.9 Å². The third kappa shape index (κ3) is 3.97. The van der Waals surface area contributed by atoms with Gasteiger partial charge in [-0.1, -0.05) is 6.07 Å². The van der Waals surface area contributed by atoms with Crippen LogP contribution in [-0.2, 0) is 10.2 Å². The molecule has 2 aliphatic rings. The number of nitrogens with one attached hydrogen (secondary N) is 1. The van der Waals surface area contributed by atoms with Gasteiger partial charge >= 0.3 is 10.2 Å². The molecule has 0 amide bonds. The van der Waals surface area contributed by atoms with Crippen molar-refractivity contribution in [1.82, 2.24) is 9.97 Å². The lowest BCUT2D eigenvalue weighted by Gasteiger charge is -2.18. The molecule has 1 N–H and O–H groups in total. The highest BCUT2D eigenvalue weighted by Gasteiger charge is 2.59. The smallest absolute Gasteiger partial charge is 0.326 e. The van der Waals surface area contributed by atoms with E-state index in [-0.39, 0.29) is 18.8 Å². The highest BCUT2D eigenvalue weighted by Crippen LogP contribution is 2.52. The average molecular weight is 499 g/mol. The minimum absolute atomic E-state index is 0.250. The number of rotatable bonds is 6. The number of hydrogen-bond acceptors (Lipinski definition) is 7. The predicted molar refractivity (Wildman–Crippen MR) is 126 cm³/mol. The molecule has 1 fully saturated rings. The number of aromatic nitrogens is 2. The van der Waals surface area contributed by atoms with Crippen LogP contribution in [0.1, 0.15) is 12.0 Å². The summed E-state index contributed by atoms with van der Waals surface area (Å²) in [6, 6.07) is 11.9. The summed E-state index contributed by atoms with van der Waals surface area (Å²) in [5.41, 5.74) is 2.11. The fourth-order valence-electron chi connectivity index (χ4n) is 3.97. The second kappa shape index (κ2) is 8.06. The molecule has 12 heteroatoms. The molecule has 1 aliphatic heterocycles. The van der Waals surface area contributed by atoms with E-state index in [0.29, 0.717) is 39.6 Å². The van der Waals surface area contributed by atoms with E-state index in [1.165, 1.54) is 13.2 Å². The van der Waals surface area contributed by atoms with Gasteiger partial charge in [-0.15, -0.1) is 0 Å². The zero-order chi connectivity index (χ0) is 25.0. The molecule has 3 aromatic rings. The van der Waals surface area contributed by atoms with Crippen LogP contribution in [0.5, 0.6) is 11.6 Å². The summed E-state index contributed by atoms with van der Waals surface area (Å²) >= 11 is 0. The number of alkyl halides is 2. The van der Waals surface area contributed by atoms with Crippen LogP contribution >= 0.6 is 0 Å². The molecule has 1 aliphatic carbocycles. The Morgan fingerprint density at radius 2 is 2.00 bits per heavy atom. The van der Waals surface area contributed by atoms with Gasteiger partial charge in [0.2, 0.25) is 5.88 Å². The van der Waals surface area contributed by atoms with Gasteiger partial charge in [-0.25, -0.2) is 8.78 Å². The summed E-state index contributed by atoms with van der Waals surface area (Å²) in [6.07, 6.45) is 2.67. The molecule has 1 unspecified atom stereocenters. The van der Waals surface area contributed by atoms with Crippen LogP contribution in [0.3, 0.4) is 0 Å². The maximum atomic E-state index is 13.5. The van der Waals surface area contributed by atoms with E-state index < -0.39 is 22.0 Å². The number of anilines is 3. The summed E-state index contributed by atoms with van der Waals surface area (Å²) in [5.74, 6) is -2.66. The molecule has 180 valence electrons. The third-order valence-electron chi connectivity index (χ3n) is 6.06. The van der Waals surface area contributed by atoms with Crippen molar-refractivity contribution in [2.24, 2.45) is 5.92 Å². The van der Waals surface area contributed by atoms with Crippen LogP contribution in [0.15, 0.2) is 48.8 Å². The van der Waals surface area contributed by atoms with Gasteiger partial charge in [-0.3, -0.25) is 13.6 Å². The van der Waals surface area contributed by atoms with Crippen molar-refractivity contribution in [3.05, 3.63) is 54.4 Å².